The lowest BCUT2D eigenvalue weighted by Crippen LogP contribution is -2.25. The van der Waals surface area contributed by atoms with E-state index in [0.29, 0.717) is 17.5 Å². The Hall–Kier alpha value is -3.06. The van der Waals surface area contributed by atoms with Gasteiger partial charge in [0.1, 0.15) is 0 Å². The third-order valence-corrected chi connectivity index (χ3v) is 4.83. The Kier molecular flexibility index (Phi) is 5.09. The average molecular weight is 369 g/mol. The number of hydrogen-bond acceptors (Lipinski definition) is 6. The summed E-state index contributed by atoms with van der Waals surface area (Å²) in [7, 11) is 0. The second kappa shape index (κ2) is 7.45. The van der Waals surface area contributed by atoms with E-state index in [-0.39, 0.29) is 28.4 Å². The van der Waals surface area contributed by atoms with Crippen LogP contribution in [-0.4, -0.2) is 32.4 Å². The first kappa shape index (κ1) is 17.8. The van der Waals surface area contributed by atoms with Crippen LogP contribution in [0.4, 0.5) is 4.79 Å². The summed E-state index contributed by atoms with van der Waals surface area (Å²) >= 11 is 0.971. The first-order chi connectivity index (χ1) is 12.4. The van der Waals surface area contributed by atoms with E-state index in [4.69, 9.17) is 0 Å². The number of allylic oxidation sites excluding steroid dienone is 1. The molecule has 0 aliphatic carbocycles. The van der Waals surface area contributed by atoms with Gasteiger partial charge in [-0.1, -0.05) is 48.2 Å². The molecule has 26 heavy (non-hydrogen) atoms. The van der Waals surface area contributed by atoms with E-state index < -0.39 is 5.25 Å². The molecule has 132 valence electrons. The largest absolute Gasteiger partial charge is 0.504 e. The molecule has 3 N–H and O–H groups in total. The summed E-state index contributed by atoms with van der Waals surface area (Å²) in [5.41, 5.74) is 1.92. The summed E-state index contributed by atoms with van der Waals surface area (Å²) in [5, 5.41) is 20.2. The number of amides is 2. The lowest BCUT2D eigenvalue weighted by atomic mass is 10.0. The van der Waals surface area contributed by atoms with Crippen LogP contribution in [0, 0.1) is 0 Å². The van der Waals surface area contributed by atoms with Crippen molar-refractivity contribution in [2.45, 2.75) is 11.7 Å². The molecule has 1 unspecified atom stereocenters. The van der Waals surface area contributed by atoms with Crippen LogP contribution in [-0.2, 0) is 11.2 Å². The lowest BCUT2D eigenvalue weighted by Gasteiger charge is -2.05. The molecule has 1 saturated heterocycles. The molecular formula is C19H15NO5S. The first-order valence-corrected chi connectivity index (χ1v) is 8.65. The van der Waals surface area contributed by atoms with Crippen LogP contribution in [0.5, 0.6) is 11.5 Å². The quantitative estimate of drug-likeness (QED) is 0.425. The van der Waals surface area contributed by atoms with Crippen molar-refractivity contribution < 1.29 is 24.6 Å². The summed E-state index contributed by atoms with van der Waals surface area (Å²) < 4.78 is 0. The molecule has 0 spiro atoms. The van der Waals surface area contributed by atoms with E-state index in [1.54, 1.807) is 36.4 Å². The van der Waals surface area contributed by atoms with Gasteiger partial charge in [-0.2, -0.15) is 0 Å². The van der Waals surface area contributed by atoms with Gasteiger partial charge in [-0.05, 0) is 35.8 Å². The molecule has 0 saturated carbocycles. The number of rotatable bonds is 5. The zero-order valence-electron chi connectivity index (χ0n) is 13.5. The SMILES string of the molecule is O=C1NC(=O)C(Cc2ccc(C(=O)/C=C/c3ccc(O)c(O)c3)cc2)S1. The molecule has 2 aromatic rings. The Morgan fingerprint density at radius 2 is 1.81 bits per heavy atom. The zero-order chi connectivity index (χ0) is 18.7. The van der Waals surface area contributed by atoms with Crippen molar-refractivity contribution in [1.82, 2.24) is 5.32 Å². The van der Waals surface area contributed by atoms with Gasteiger partial charge in [-0.15, -0.1) is 0 Å². The fraction of sp³-hybridized carbons (Fsp3) is 0.105. The number of hydrogen-bond donors (Lipinski definition) is 3. The Morgan fingerprint density at radius 1 is 1.08 bits per heavy atom. The summed E-state index contributed by atoms with van der Waals surface area (Å²) in [6.45, 7) is 0. The topological polar surface area (TPSA) is 104 Å². The Labute approximate surface area is 153 Å². The second-order valence-electron chi connectivity index (χ2n) is 5.73. The predicted octanol–water partition coefficient (Wildman–Crippen LogP) is 2.89. The highest BCUT2D eigenvalue weighted by Gasteiger charge is 2.31. The number of ketones is 1. The fourth-order valence-corrected chi connectivity index (χ4v) is 3.32. The maximum absolute atomic E-state index is 12.2. The number of imide groups is 1. The van der Waals surface area contributed by atoms with E-state index in [0.717, 1.165) is 17.3 Å². The molecule has 1 fully saturated rings. The normalized spacial score (nSPS) is 16.8. The second-order valence-corrected chi connectivity index (χ2v) is 6.91. The van der Waals surface area contributed by atoms with Crippen molar-refractivity contribution in [3.05, 3.63) is 65.2 Å². The molecule has 0 radical (unpaired) electrons. The molecule has 1 atom stereocenters. The number of carbonyl (C=O) groups excluding carboxylic acids is 3. The molecule has 2 aromatic carbocycles. The van der Waals surface area contributed by atoms with Crippen molar-refractivity contribution >= 4 is 34.8 Å². The number of phenols is 2. The van der Waals surface area contributed by atoms with E-state index in [9.17, 15) is 24.6 Å². The van der Waals surface area contributed by atoms with Crippen molar-refractivity contribution in [2.75, 3.05) is 0 Å². The Balaban J connectivity index is 1.65. The minimum atomic E-state index is -0.439. The monoisotopic (exact) mass is 369 g/mol. The average Bonchev–Trinajstić information content (AvgIpc) is 2.93. The molecule has 1 heterocycles. The predicted molar refractivity (Wildman–Crippen MR) is 98.2 cm³/mol. The van der Waals surface area contributed by atoms with E-state index in [2.05, 4.69) is 5.32 Å². The van der Waals surface area contributed by atoms with Crippen LogP contribution >= 0.6 is 11.8 Å². The number of phenolic OH excluding ortho intramolecular Hbond substituents is 2. The summed E-state index contributed by atoms with van der Waals surface area (Å²) in [6, 6.07) is 11.1. The molecule has 0 aromatic heterocycles. The standard InChI is InChI=1S/C19H15NO5S/c21-14(7-3-11-4-8-15(22)16(23)9-11)13-5-1-12(2-6-13)10-17-18(24)20-19(25)26-17/h1-9,17,22-23H,10H2,(H,20,24,25)/b7-3+. The lowest BCUT2D eigenvalue weighted by molar-refractivity contribution is -0.118. The molecule has 6 nitrogen and oxygen atoms in total. The molecule has 2 amide bonds. The van der Waals surface area contributed by atoms with Gasteiger partial charge in [0.25, 0.3) is 5.24 Å². The highest BCUT2D eigenvalue weighted by atomic mass is 32.2. The summed E-state index contributed by atoms with van der Waals surface area (Å²) in [6.07, 6.45) is 3.33. The Morgan fingerprint density at radius 3 is 2.42 bits per heavy atom. The van der Waals surface area contributed by atoms with Gasteiger partial charge in [-0.25, -0.2) is 0 Å². The van der Waals surface area contributed by atoms with E-state index in [1.807, 2.05) is 0 Å². The summed E-state index contributed by atoms with van der Waals surface area (Å²) in [4.78, 5) is 35.0. The molecule has 1 aliphatic heterocycles. The van der Waals surface area contributed by atoms with Gasteiger partial charge in [0.15, 0.2) is 17.3 Å². The zero-order valence-corrected chi connectivity index (χ0v) is 14.3. The van der Waals surface area contributed by atoms with Crippen LogP contribution in [0.3, 0.4) is 0 Å². The minimum Gasteiger partial charge on any atom is -0.504 e. The summed E-state index contributed by atoms with van der Waals surface area (Å²) in [5.74, 6) is -0.983. The molecule has 3 rings (SSSR count). The van der Waals surface area contributed by atoms with Gasteiger partial charge in [0.2, 0.25) is 5.91 Å². The molecule has 0 bridgehead atoms. The van der Waals surface area contributed by atoms with Gasteiger partial charge in [0.05, 0.1) is 5.25 Å². The first-order valence-electron chi connectivity index (χ1n) is 7.77. The van der Waals surface area contributed by atoms with Crippen LogP contribution in [0.15, 0.2) is 48.5 Å². The van der Waals surface area contributed by atoms with E-state index in [1.165, 1.54) is 18.2 Å². The number of benzene rings is 2. The maximum atomic E-state index is 12.2. The number of aromatic hydroxyl groups is 2. The number of thioether (sulfide) groups is 1. The van der Waals surface area contributed by atoms with Crippen molar-refractivity contribution in [2.24, 2.45) is 0 Å². The Bertz CT molecular complexity index is 905. The number of carbonyl (C=O) groups is 3. The highest BCUT2D eigenvalue weighted by Crippen LogP contribution is 2.25. The number of nitrogens with one attached hydrogen (secondary N) is 1. The van der Waals surface area contributed by atoms with Crippen LogP contribution in [0.1, 0.15) is 21.5 Å². The molecular weight excluding hydrogens is 354 g/mol. The van der Waals surface area contributed by atoms with Gasteiger partial charge >= 0.3 is 0 Å². The fourth-order valence-electron chi connectivity index (χ4n) is 2.46. The van der Waals surface area contributed by atoms with Crippen LogP contribution in [0.25, 0.3) is 6.08 Å². The molecule has 1 aliphatic rings. The maximum Gasteiger partial charge on any atom is 0.286 e. The van der Waals surface area contributed by atoms with Crippen molar-refractivity contribution in [3.8, 4) is 11.5 Å². The van der Waals surface area contributed by atoms with Gasteiger partial charge < -0.3 is 10.2 Å². The van der Waals surface area contributed by atoms with Gasteiger partial charge in [-0.3, -0.25) is 19.7 Å². The van der Waals surface area contributed by atoms with E-state index >= 15 is 0 Å². The third kappa shape index (κ3) is 4.12. The highest BCUT2D eigenvalue weighted by molar-refractivity contribution is 8.15. The molecule has 7 heteroatoms. The van der Waals surface area contributed by atoms with Crippen molar-refractivity contribution in [1.29, 1.82) is 0 Å². The minimum absolute atomic E-state index is 0.215. The van der Waals surface area contributed by atoms with Crippen LogP contribution < -0.4 is 5.32 Å². The smallest absolute Gasteiger partial charge is 0.286 e. The van der Waals surface area contributed by atoms with Crippen LogP contribution in [0.2, 0.25) is 0 Å². The van der Waals surface area contributed by atoms with Crippen molar-refractivity contribution in [3.63, 3.8) is 0 Å². The third-order valence-electron chi connectivity index (χ3n) is 3.85. The van der Waals surface area contributed by atoms with Gasteiger partial charge in [0, 0.05) is 5.56 Å².